The van der Waals surface area contributed by atoms with Gasteiger partial charge in [-0.1, -0.05) is 42.5 Å². The zero-order chi connectivity index (χ0) is 24.6. The van der Waals surface area contributed by atoms with Gasteiger partial charge >= 0.3 is 0 Å². The van der Waals surface area contributed by atoms with Crippen molar-refractivity contribution in [1.29, 1.82) is 0 Å². The van der Waals surface area contributed by atoms with E-state index in [9.17, 15) is 10.2 Å². The molecule has 4 aromatic rings. The highest BCUT2D eigenvalue weighted by Crippen LogP contribution is 2.44. The van der Waals surface area contributed by atoms with Gasteiger partial charge < -0.3 is 33.9 Å². The van der Waals surface area contributed by atoms with E-state index < -0.39 is 12.2 Å². The molecule has 0 saturated heterocycles. The van der Waals surface area contributed by atoms with Crippen LogP contribution in [0.3, 0.4) is 0 Å². The predicted molar refractivity (Wildman–Crippen MR) is 135 cm³/mol. The maximum atomic E-state index is 10.2. The minimum atomic E-state index is -0.780. The van der Waals surface area contributed by atoms with Crippen molar-refractivity contribution in [2.75, 3.05) is 40.6 Å². The van der Waals surface area contributed by atoms with Crippen molar-refractivity contribution in [2.24, 2.45) is 0 Å². The van der Waals surface area contributed by atoms with Crippen molar-refractivity contribution in [2.45, 2.75) is 12.2 Å². The van der Waals surface area contributed by atoms with Gasteiger partial charge in [0.15, 0.2) is 0 Å². The summed E-state index contributed by atoms with van der Waals surface area (Å²) in [6.07, 6.45) is -1.55. The topological polar surface area (TPSA) is 86.6 Å². The third-order valence-corrected chi connectivity index (χ3v) is 5.43. The number of ether oxygens (including phenoxy) is 5. The first-order chi connectivity index (χ1) is 17.1. The number of aliphatic hydroxyl groups excluding tert-OH is 2. The van der Waals surface area contributed by atoms with Crippen molar-refractivity contribution < 1.29 is 33.9 Å². The zero-order valence-electron chi connectivity index (χ0n) is 19.8. The second-order valence-corrected chi connectivity index (χ2v) is 8.17. The Hall–Kier alpha value is -3.36. The second kappa shape index (κ2) is 11.9. The summed E-state index contributed by atoms with van der Waals surface area (Å²) in [6, 6.07) is 22.9. The van der Waals surface area contributed by atoms with E-state index in [1.165, 1.54) is 14.2 Å². The van der Waals surface area contributed by atoms with Crippen LogP contribution < -0.4 is 14.2 Å². The molecule has 0 aromatic heterocycles. The molecule has 0 aliphatic heterocycles. The van der Waals surface area contributed by atoms with E-state index in [1.807, 2.05) is 72.8 Å². The molecule has 2 N–H and O–H groups in total. The fourth-order valence-electron chi connectivity index (χ4n) is 3.92. The molecule has 0 radical (unpaired) electrons. The maximum absolute atomic E-state index is 10.2. The molecule has 7 heteroatoms. The first-order valence-electron chi connectivity index (χ1n) is 11.4. The molecule has 2 unspecified atom stereocenters. The predicted octanol–water partition coefficient (Wildman–Crippen LogP) is 4.56. The van der Waals surface area contributed by atoms with E-state index in [0.717, 1.165) is 21.5 Å². The fourth-order valence-corrected chi connectivity index (χ4v) is 3.92. The molecule has 0 saturated carbocycles. The molecule has 0 spiro atoms. The lowest BCUT2D eigenvalue weighted by molar-refractivity contribution is 0.0327. The highest BCUT2D eigenvalue weighted by molar-refractivity contribution is 6.11. The van der Waals surface area contributed by atoms with Crippen molar-refractivity contribution in [1.82, 2.24) is 0 Å². The number of rotatable bonds is 12. The molecular formula is C28H30O7. The van der Waals surface area contributed by atoms with E-state index >= 15 is 0 Å². The smallest absolute Gasteiger partial charge is 0.135 e. The van der Waals surface area contributed by atoms with Gasteiger partial charge in [0.1, 0.15) is 48.4 Å². The lowest BCUT2D eigenvalue weighted by Crippen LogP contribution is -2.23. The summed E-state index contributed by atoms with van der Waals surface area (Å²) in [4.78, 5) is 0. The number of para-hydroxylation sites is 1. The standard InChI is InChI=1S/C28H30O7/c1-31-15-19(29)17-33-27-23-10-6-7-11-24(23)28(34-18-20(30)16-32-2)26-14-22(12-13-25(26)27)35-21-8-4-3-5-9-21/h3-14,19-20,29-30H,15-18H2,1-2H3. The van der Waals surface area contributed by atoms with Crippen LogP contribution in [0, 0.1) is 0 Å². The molecule has 2 atom stereocenters. The molecule has 0 heterocycles. The normalized spacial score (nSPS) is 13.0. The second-order valence-electron chi connectivity index (χ2n) is 8.17. The van der Waals surface area contributed by atoms with Gasteiger partial charge in [0, 0.05) is 35.8 Å². The fraction of sp³-hybridized carbons (Fsp3) is 0.286. The van der Waals surface area contributed by atoms with Gasteiger partial charge in [0.05, 0.1) is 13.2 Å². The van der Waals surface area contributed by atoms with Gasteiger partial charge in [-0.15, -0.1) is 0 Å². The summed E-state index contributed by atoms with van der Waals surface area (Å²) >= 11 is 0. The van der Waals surface area contributed by atoms with E-state index in [-0.39, 0.29) is 26.4 Å². The Balaban J connectivity index is 1.82. The Morgan fingerprint density at radius 1 is 0.571 bits per heavy atom. The summed E-state index contributed by atoms with van der Waals surface area (Å²) in [5.74, 6) is 2.58. The Labute approximate surface area is 204 Å². The first kappa shape index (κ1) is 24.8. The summed E-state index contributed by atoms with van der Waals surface area (Å²) in [5.41, 5.74) is 0. The Morgan fingerprint density at radius 3 is 1.66 bits per heavy atom. The summed E-state index contributed by atoms with van der Waals surface area (Å²) in [7, 11) is 3.07. The largest absolute Gasteiger partial charge is 0.489 e. The molecule has 184 valence electrons. The van der Waals surface area contributed by atoms with Gasteiger partial charge in [-0.3, -0.25) is 0 Å². The molecule has 0 aliphatic carbocycles. The van der Waals surface area contributed by atoms with Gasteiger partial charge in [-0.05, 0) is 30.3 Å². The Morgan fingerprint density at radius 2 is 1.09 bits per heavy atom. The average molecular weight is 479 g/mol. The third-order valence-electron chi connectivity index (χ3n) is 5.43. The minimum Gasteiger partial charge on any atom is -0.489 e. The monoisotopic (exact) mass is 478 g/mol. The van der Waals surface area contributed by atoms with Crippen LogP contribution in [0.25, 0.3) is 21.5 Å². The van der Waals surface area contributed by atoms with Gasteiger partial charge in [0.2, 0.25) is 0 Å². The van der Waals surface area contributed by atoms with Crippen LogP contribution in [-0.2, 0) is 9.47 Å². The number of aliphatic hydroxyl groups is 2. The van der Waals surface area contributed by atoms with E-state index in [2.05, 4.69) is 0 Å². The van der Waals surface area contributed by atoms with Crippen LogP contribution in [0.1, 0.15) is 0 Å². The van der Waals surface area contributed by atoms with Gasteiger partial charge in [-0.25, -0.2) is 0 Å². The molecule has 0 fully saturated rings. The number of methoxy groups -OCH3 is 2. The van der Waals surface area contributed by atoms with Crippen molar-refractivity contribution in [3.05, 3.63) is 72.8 Å². The molecule has 0 amide bonds. The molecule has 0 aliphatic rings. The van der Waals surface area contributed by atoms with Gasteiger partial charge in [-0.2, -0.15) is 0 Å². The van der Waals surface area contributed by atoms with Crippen molar-refractivity contribution in [3.63, 3.8) is 0 Å². The molecule has 4 aromatic carbocycles. The van der Waals surface area contributed by atoms with Crippen LogP contribution in [0.2, 0.25) is 0 Å². The highest BCUT2D eigenvalue weighted by atomic mass is 16.5. The van der Waals surface area contributed by atoms with Crippen LogP contribution >= 0.6 is 0 Å². The maximum Gasteiger partial charge on any atom is 0.135 e. The average Bonchev–Trinajstić information content (AvgIpc) is 2.87. The lowest BCUT2D eigenvalue weighted by atomic mass is 10.00. The van der Waals surface area contributed by atoms with Gasteiger partial charge in [0.25, 0.3) is 0 Å². The minimum absolute atomic E-state index is 0.0590. The number of benzene rings is 4. The lowest BCUT2D eigenvalue weighted by Gasteiger charge is -2.20. The van der Waals surface area contributed by atoms with E-state index in [4.69, 9.17) is 23.7 Å². The molecule has 35 heavy (non-hydrogen) atoms. The van der Waals surface area contributed by atoms with Crippen LogP contribution in [0.5, 0.6) is 23.0 Å². The van der Waals surface area contributed by atoms with Crippen LogP contribution in [0.15, 0.2) is 72.8 Å². The highest BCUT2D eigenvalue weighted by Gasteiger charge is 2.19. The van der Waals surface area contributed by atoms with Crippen LogP contribution in [-0.4, -0.2) is 63.1 Å². The quantitative estimate of drug-likeness (QED) is 0.289. The zero-order valence-corrected chi connectivity index (χ0v) is 19.8. The van der Waals surface area contributed by atoms with E-state index in [0.29, 0.717) is 23.0 Å². The molecule has 4 rings (SSSR count). The summed E-state index contributed by atoms with van der Waals surface area (Å²) in [5, 5.41) is 23.6. The molecule has 0 bridgehead atoms. The third kappa shape index (κ3) is 6.01. The van der Waals surface area contributed by atoms with E-state index in [1.54, 1.807) is 0 Å². The number of hydrogen-bond donors (Lipinski definition) is 2. The Bertz CT molecular complexity index is 1240. The van der Waals surface area contributed by atoms with Crippen LogP contribution in [0.4, 0.5) is 0 Å². The summed E-state index contributed by atoms with van der Waals surface area (Å²) < 4.78 is 28.4. The van der Waals surface area contributed by atoms with Crippen molar-refractivity contribution >= 4 is 21.5 Å². The first-order valence-corrected chi connectivity index (χ1v) is 11.4. The SMILES string of the molecule is COCC(O)COc1c2ccccc2c(OCC(O)COC)c2cc(Oc3ccccc3)ccc12. The summed E-state index contributed by atoms with van der Waals surface area (Å²) in [6.45, 7) is 0.464. The molecule has 7 nitrogen and oxygen atoms in total. The molecular weight excluding hydrogens is 448 g/mol. The Kier molecular flexibility index (Phi) is 8.39. The number of fused-ring (bicyclic) bond motifs is 2. The van der Waals surface area contributed by atoms with Crippen molar-refractivity contribution in [3.8, 4) is 23.0 Å². The number of hydrogen-bond acceptors (Lipinski definition) is 7.